The first-order valence-corrected chi connectivity index (χ1v) is 15.1. The van der Waals surface area contributed by atoms with Gasteiger partial charge >= 0.3 is 11.8 Å². The fraction of sp³-hybridized carbons (Fsp3) is 0.394. The van der Waals surface area contributed by atoms with Crippen LogP contribution in [0.4, 0.5) is 10.7 Å². The Morgan fingerprint density at radius 3 is 2.26 bits per heavy atom. The number of nitrogens with zero attached hydrogens (tertiary/aromatic N) is 9. The van der Waals surface area contributed by atoms with Gasteiger partial charge in [0.05, 0.1) is 19.6 Å². The SMILES string of the molecule is CC#CCn1c(N2CCC[C@@H](NC(=O)OC(C)(C)C)C2)nc2c1c(=O)n(Cc1cccnc1C#N)c(=O)n2Cc1cccnc1C#N. The molecule has 0 unspecified atom stereocenters. The fourth-order valence-electron chi connectivity index (χ4n) is 5.54. The lowest BCUT2D eigenvalue weighted by atomic mass is 10.1. The summed E-state index contributed by atoms with van der Waals surface area (Å²) in [5, 5.41) is 22.3. The number of fused-ring (bicyclic) bond motifs is 1. The minimum absolute atomic E-state index is 0.0902. The third-order valence-electron chi connectivity index (χ3n) is 7.58. The summed E-state index contributed by atoms with van der Waals surface area (Å²) in [6.45, 7) is 7.82. The average Bonchev–Trinajstić information content (AvgIpc) is 3.43. The first-order chi connectivity index (χ1) is 22.5. The van der Waals surface area contributed by atoms with E-state index < -0.39 is 22.9 Å². The normalized spacial score (nSPS) is 14.5. The lowest BCUT2D eigenvalue weighted by Crippen LogP contribution is -2.49. The van der Waals surface area contributed by atoms with Crippen LogP contribution in [0.15, 0.2) is 46.2 Å². The van der Waals surface area contributed by atoms with Crippen molar-refractivity contribution in [3.63, 3.8) is 0 Å². The maximum Gasteiger partial charge on any atom is 0.407 e. The molecule has 0 spiro atoms. The molecular weight excluding hydrogens is 600 g/mol. The van der Waals surface area contributed by atoms with E-state index >= 15 is 0 Å². The predicted octanol–water partition coefficient (Wildman–Crippen LogP) is 2.51. The Morgan fingerprint density at radius 1 is 1.02 bits per heavy atom. The quantitative estimate of drug-likeness (QED) is 0.297. The number of aromatic nitrogens is 6. The highest BCUT2D eigenvalue weighted by Crippen LogP contribution is 2.24. The number of anilines is 1. The van der Waals surface area contributed by atoms with Gasteiger partial charge in [-0.1, -0.05) is 18.1 Å². The lowest BCUT2D eigenvalue weighted by molar-refractivity contribution is 0.0499. The molecule has 1 fully saturated rings. The molecule has 4 aromatic rings. The Hall–Kier alpha value is -5.94. The zero-order valence-electron chi connectivity index (χ0n) is 26.6. The van der Waals surface area contributed by atoms with E-state index in [4.69, 9.17) is 9.72 Å². The number of nitrogens with one attached hydrogen (secondary N) is 1. The van der Waals surface area contributed by atoms with Crippen LogP contribution in [0.3, 0.4) is 0 Å². The standard InChI is InChI=1S/C33H34N10O4/c1-5-6-16-41-27-28(39-30(41)40-15-9-12-24(21-40)38-31(45)47-33(2,3)4)42(19-22-10-7-13-36-25(22)17-34)32(46)43(29(27)44)20-23-11-8-14-37-26(23)18-35/h7-8,10-11,13-14,24H,9,12,15-16,19-21H2,1-4H3,(H,38,45)/t24-/m1/s1. The van der Waals surface area contributed by atoms with Gasteiger partial charge in [-0.05, 0) is 52.7 Å². The van der Waals surface area contributed by atoms with Crippen LogP contribution in [0.25, 0.3) is 11.2 Å². The van der Waals surface area contributed by atoms with E-state index in [0.29, 0.717) is 36.6 Å². The number of alkyl carbamates (subject to hydrolysis) is 1. The molecule has 1 aliphatic rings. The number of hydrogen-bond donors (Lipinski definition) is 1. The number of nitriles is 2. The molecule has 240 valence electrons. The van der Waals surface area contributed by atoms with Crippen molar-refractivity contribution in [3.05, 3.63) is 80.0 Å². The Morgan fingerprint density at radius 2 is 1.66 bits per heavy atom. The van der Waals surface area contributed by atoms with Crippen LogP contribution in [0.2, 0.25) is 0 Å². The summed E-state index contributed by atoms with van der Waals surface area (Å²) in [4.78, 5) is 56.1. The Balaban J connectivity index is 1.69. The van der Waals surface area contributed by atoms with Crippen LogP contribution >= 0.6 is 0 Å². The van der Waals surface area contributed by atoms with Crippen LogP contribution in [0.5, 0.6) is 0 Å². The molecule has 14 nitrogen and oxygen atoms in total. The van der Waals surface area contributed by atoms with Crippen LogP contribution in [0, 0.1) is 34.5 Å². The van der Waals surface area contributed by atoms with Crippen molar-refractivity contribution in [3.8, 4) is 24.0 Å². The van der Waals surface area contributed by atoms with Gasteiger partial charge in [0.15, 0.2) is 11.2 Å². The van der Waals surface area contributed by atoms with Gasteiger partial charge in [-0.25, -0.2) is 19.6 Å². The van der Waals surface area contributed by atoms with Crippen molar-refractivity contribution >= 4 is 23.2 Å². The number of carbonyl (C=O) groups excluding carboxylic acids is 1. The number of pyridine rings is 2. The summed E-state index contributed by atoms with van der Waals surface area (Å²) >= 11 is 0. The molecule has 0 radical (unpaired) electrons. The molecule has 1 N–H and O–H groups in total. The molecule has 47 heavy (non-hydrogen) atoms. The molecule has 0 aliphatic carbocycles. The second-order valence-electron chi connectivity index (χ2n) is 12.0. The number of imidazole rings is 1. The van der Waals surface area contributed by atoms with Crippen molar-refractivity contribution < 1.29 is 9.53 Å². The second kappa shape index (κ2) is 13.6. The van der Waals surface area contributed by atoms with E-state index in [1.807, 2.05) is 11.0 Å². The highest BCUT2D eigenvalue weighted by Gasteiger charge is 2.30. The molecule has 0 saturated carbocycles. The van der Waals surface area contributed by atoms with E-state index in [-0.39, 0.29) is 48.2 Å². The highest BCUT2D eigenvalue weighted by molar-refractivity contribution is 5.75. The minimum atomic E-state index is -0.677. The monoisotopic (exact) mass is 634 g/mol. The van der Waals surface area contributed by atoms with Gasteiger partial charge in [0, 0.05) is 42.7 Å². The molecule has 4 aromatic heterocycles. The molecular formula is C33H34N10O4. The third kappa shape index (κ3) is 7.00. The summed E-state index contributed by atoms with van der Waals surface area (Å²) < 4.78 is 9.54. The van der Waals surface area contributed by atoms with E-state index in [1.165, 1.54) is 17.0 Å². The highest BCUT2D eigenvalue weighted by atomic mass is 16.6. The van der Waals surface area contributed by atoms with E-state index in [1.54, 1.807) is 56.5 Å². The lowest BCUT2D eigenvalue weighted by Gasteiger charge is -2.34. The second-order valence-corrected chi connectivity index (χ2v) is 12.0. The molecule has 1 saturated heterocycles. The maximum atomic E-state index is 14.3. The minimum Gasteiger partial charge on any atom is -0.444 e. The van der Waals surface area contributed by atoms with Gasteiger partial charge in [0.1, 0.15) is 29.1 Å². The van der Waals surface area contributed by atoms with Crippen LogP contribution < -0.4 is 21.5 Å². The van der Waals surface area contributed by atoms with Gasteiger partial charge in [0.2, 0.25) is 5.95 Å². The summed E-state index contributed by atoms with van der Waals surface area (Å²) in [6.07, 6.45) is 3.86. The molecule has 14 heteroatoms. The first kappa shape index (κ1) is 32.5. The van der Waals surface area contributed by atoms with Crippen molar-refractivity contribution in [1.82, 2.24) is 34.0 Å². The van der Waals surface area contributed by atoms with Gasteiger partial charge < -0.3 is 15.0 Å². The van der Waals surface area contributed by atoms with Crippen molar-refractivity contribution in [1.29, 1.82) is 10.5 Å². The fourth-order valence-corrected chi connectivity index (χ4v) is 5.54. The number of piperidine rings is 1. The van der Waals surface area contributed by atoms with E-state index in [9.17, 15) is 24.9 Å². The molecule has 1 atom stereocenters. The van der Waals surface area contributed by atoms with Gasteiger partial charge in [-0.3, -0.25) is 18.5 Å². The predicted molar refractivity (Wildman–Crippen MR) is 172 cm³/mol. The van der Waals surface area contributed by atoms with Gasteiger partial charge in [-0.2, -0.15) is 15.5 Å². The van der Waals surface area contributed by atoms with Crippen LogP contribution in [0.1, 0.15) is 63.1 Å². The average molecular weight is 635 g/mol. The maximum absolute atomic E-state index is 14.3. The summed E-state index contributed by atoms with van der Waals surface area (Å²) in [5.74, 6) is 6.30. The number of ether oxygens (including phenoxy) is 1. The topological polar surface area (TPSA) is 177 Å². The first-order valence-electron chi connectivity index (χ1n) is 15.1. The Bertz CT molecular complexity index is 2100. The Labute approximate surface area is 270 Å². The zero-order chi connectivity index (χ0) is 33.7. The molecule has 1 aliphatic heterocycles. The number of carbonyl (C=O) groups is 1. The number of rotatable bonds is 7. The largest absolute Gasteiger partial charge is 0.444 e. The summed E-state index contributed by atoms with van der Waals surface area (Å²) in [7, 11) is 0. The van der Waals surface area contributed by atoms with Crippen LogP contribution in [-0.2, 0) is 24.4 Å². The third-order valence-corrected chi connectivity index (χ3v) is 7.58. The van der Waals surface area contributed by atoms with Crippen molar-refractivity contribution in [2.24, 2.45) is 0 Å². The Kier molecular flexibility index (Phi) is 9.38. The molecule has 0 aromatic carbocycles. The van der Waals surface area contributed by atoms with Gasteiger partial charge in [0.25, 0.3) is 5.56 Å². The van der Waals surface area contributed by atoms with Crippen molar-refractivity contribution in [2.75, 3.05) is 18.0 Å². The molecule has 5 rings (SSSR count). The number of amides is 1. The summed E-state index contributed by atoms with van der Waals surface area (Å²) in [6, 6.07) is 10.4. The molecule has 5 heterocycles. The number of hydrogen-bond acceptors (Lipinski definition) is 10. The van der Waals surface area contributed by atoms with E-state index in [0.717, 1.165) is 11.0 Å². The molecule has 1 amide bonds. The summed E-state index contributed by atoms with van der Waals surface area (Å²) in [5.41, 5.74) is -0.613. The zero-order valence-corrected chi connectivity index (χ0v) is 26.6. The van der Waals surface area contributed by atoms with Gasteiger partial charge in [-0.15, -0.1) is 5.92 Å². The van der Waals surface area contributed by atoms with Crippen LogP contribution in [-0.4, -0.2) is 59.5 Å². The van der Waals surface area contributed by atoms with Crippen molar-refractivity contribution in [2.45, 2.75) is 71.8 Å². The van der Waals surface area contributed by atoms with E-state index in [2.05, 4.69) is 33.2 Å². The molecule has 0 bridgehead atoms. The smallest absolute Gasteiger partial charge is 0.407 e.